The van der Waals surface area contributed by atoms with E-state index in [-0.39, 0.29) is 5.97 Å². The van der Waals surface area contributed by atoms with E-state index in [0.717, 1.165) is 0 Å². The van der Waals surface area contributed by atoms with E-state index in [1.807, 2.05) is 0 Å². The summed E-state index contributed by atoms with van der Waals surface area (Å²) in [4.78, 5) is 21.7. The highest BCUT2D eigenvalue weighted by molar-refractivity contribution is 5.82. The molecule has 0 heterocycles. The van der Waals surface area contributed by atoms with Crippen LogP contribution in [0, 0.1) is 0 Å². The molecule has 0 aromatic rings. The molecule has 0 amide bonds. The van der Waals surface area contributed by atoms with Crippen molar-refractivity contribution in [1.82, 2.24) is 5.32 Å². The van der Waals surface area contributed by atoms with Gasteiger partial charge < -0.3 is 14.8 Å². The van der Waals surface area contributed by atoms with Gasteiger partial charge in [-0.3, -0.25) is 0 Å². The molecular formula is C9H15NO4. The molecule has 0 aliphatic rings. The summed E-state index contributed by atoms with van der Waals surface area (Å²) in [6.45, 7) is 3.71. The molecule has 14 heavy (non-hydrogen) atoms. The second-order valence-electron chi connectivity index (χ2n) is 2.50. The predicted molar refractivity (Wildman–Crippen MR) is 50.4 cm³/mol. The van der Waals surface area contributed by atoms with Crippen molar-refractivity contribution in [3.05, 3.63) is 12.3 Å². The van der Waals surface area contributed by atoms with Gasteiger partial charge in [0.1, 0.15) is 6.04 Å². The highest BCUT2D eigenvalue weighted by Gasteiger charge is 2.10. The van der Waals surface area contributed by atoms with Crippen LogP contribution < -0.4 is 5.32 Å². The highest BCUT2D eigenvalue weighted by atomic mass is 16.5. The fraction of sp³-hybridized carbons (Fsp3) is 0.556. The average Bonchev–Trinajstić information content (AvgIpc) is 2.17. The van der Waals surface area contributed by atoms with Gasteiger partial charge in [-0.15, -0.1) is 0 Å². The molecule has 0 aromatic carbocycles. The third kappa shape index (κ3) is 5.18. The Bertz CT molecular complexity index is 225. The van der Waals surface area contributed by atoms with E-state index >= 15 is 0 Å². The third-order valence-corrected chi connectivity index (χ3v) is 1.41. The first-order valence-corrected chi connectivity index (χ1v) is 4.29. The van der Waals surface area contributed by atoms with E-state index in [2.05, 4.69) is 10.1 Å². The van der Waals surface area contributed by atoms with Crippen LogP contribution in [0.1, 0.15) is 13.8 Å². The van der Waals surface area contributed by atoms with Crippen molar-refractivity contribution < 1.29 is 19.1 Å². The predicted octanol–water partition coefficient (Wildman–Crippen LogP) is 0.214. The zero-order valence-corrected chi connectivity index (χ0v) is 8.57. The topological polar surface area (TPSA) is 64.6 Å². The van der Waals surface area contributed by atoms with Gasteiger partial charge in [0.15, 0.2) is 0 Å². The number of hydrogen-bond donors (Lipinski definition) is 1. The van der Waals surface area contributed by atoms with E-state index in [1.54, 1.807) is 13.8 Å². The number of carbonyl (C=O) groups excluding carboxylic acids is 2. The zero-order chi connectivity index (χ0) is 11.0. The van der Waals surface area contributed by atoms with Gasteiger partial charge in [-0.1, -0.05) is 0 Å². The molecule has 1 atom stereocenters. The SMILES string of the molecule is CCOC(=O)C(C)N/C=C/C(=O)OC. The van der Waals surface area contributed by atoms with Crippen LogP contribution in [0.3, 0.4) is 0 Å². The van der Waals surface area contributed by atoms with E-state index in [1.165, 1.54) is 19.4 Å². The van der Waals surface area contributed by atoms with Gasteiger partial charge in [0.2, 0.25) is 0 Å². The first-order valence-electron chi connectivity index (χ1n) is 4.29. The number of methoxy groups -OCH3 is 1. The van der Waals surface area contributed by atoms with Gasteiger partial charge >= 0.3 is 11.9 Å². The maximum Gasteiger partial charge on any atom is 0.331 e. The molecule has 80 valence electrons. The quantitative estimate of drug-likeness (QED) is 0.509. The lowest BCUT2D eigenvalue weighted by Gasteiger charge is -2.09. The minimum absolute atomic E-state index is 0.339. The Morgan fingerprint density at radius 3 is 2.64 bits per heavy atom. The Kier molecular flexibility index (Phi) is 6.19. The Balaban J connectivity index is 3.83. The maximum absolute atomic E-state index is 11.1. The van der Waals surface area contributed by atoms with E-state index < -0.39 is 12.0 Å². The van der Waals surface area contributed by atoms with Crippen LogP contribution in [-0.2, 0) is 19.1 Å². The fourth-order valence-corrected chi connectivity index (χ4v) is 0.664. The molecule has 1 unspecified atom stereocenters. The summed E-state index contributed by atoms with van der Waals surface area (Å²) in [5.41, 5.74) is 0. The molecule has 0 aliphatic heterocycles. The molecule has 0 bridgehead atoms. The molecule has 0 fully saturated rings. The molecule has 0 aliphatic carbocycles. The smallest absolute Gasteiger partial charge is 0.331 e. The van der Waals surface area contributed by atoms with Crippen molar-refractivity contribution in [3.8, 4) is 0 Å². The van der Waals surface area contributed by atoms with Crippen molar-refractivity contribution in [3.63, 3.8) is 0 Å². The summed E-state index contributed by atoms with van der Waals surface area (Å²) in [6, 6.07) is -0.476. The molecule has 0 aromatic heterocycles. The third-order valence-electron chi connectivity index (χ3n) is 1.41. The van der Waals surface area contributed by atoms with Crippen LogP contribution in [0.5, 0.6) is 0 Å². The summed E-state index contributed by atoms with van der Waals surface area (Å²) in [5.74, 6) is -0.837. The lowest BCUT2D eigenvalue weighted by Crippen LogP contribution is -2.31. The molecule has 0 saturated carbocycles. The molecule has 0 radical (unpaired) electrons. The molecule has 5 heteroatoms. The van der Waals surface area contributed by atoms with Gasteiger partial charge in [-0.05, 0) is 13.8 Å². The minimum atomic E-state index is -0.478. The first kappa shape index (κ1) is 12.5. The van der Waals surface area contributed by atoms with E-state index in [4.69, 9.17) is 4.74 Å². The van der Waals surface area contributed by atoms with Gasteiger partial charge in [0.05, 0.1) is 13.7 Å². The van der Waals surface area contributed by atoms with Crippen LogP contribution in [0.25, 0.3) is 0 Å². The van der Waals surface area contributed by atoms with Gasteiger partial charge in [-0.25, -0.2) is 9.59 Å². The van der Waals surface area contributed by atoms with Gasteiger partial charge in [0, 0.05) is 12.3 Å². The fourth-order valence-electron chi connectivity index (χ4n) is 0.664. The van der Waals surface area contributed by atoms with Gasteiger partial charge in [-0.2, -0.15) is 0 Å². The van der Waals surface area contributed by atoms with Crippen molar-refractivity contribution >= 4 is 11.9 Å². The number of ether oxygens (including phenoxy) is 2. The highest BCUT2D eigenvalue weighted by Crippen LogP contribution is 1.87. The molecular weight excluding hydrogens is 186 g/mol. The molecule has 5 nitrogen and oxygen atoms in total. The van der Waals surface area contributed by atoms with E-state index in [0.29, 0.717) is 6.61 Å². The number of nitrogens with one attached hydrogen (secondary N) is 1. The van der Waals surface area contributed by atoms with Crippen molar-refractivity contribution in [2.24, 2.45) is 0 Å². The largest absolute Gasteiger partial charge is 0.466 e. The van der Waals surface area contributed by atoms with Crippen LogP contribution in [-0.4, -0.2) is 31.7 Å². The lowest BCUT2D eigenvalue weighted by atomic mass is 10.3. The Morgan fingerprint density at radius 1 is 1.50 bits per heavy atom. The zero-order valence-electron chi connectivity index (χ0n) is 8.57. The molecule has 0 saturated heterocycles. The minimum Gasteiger partial charge on any atom is -0.466 e. The van der Waals surface area contributed by atoms with Crippen molar-refractivity contribution in [2.75, 3.05) is 13.7 Å². The normalized spacial score (nSPS) is 12.2. The maximum atomic E-state index is 11.1. The summed E-state index contributed by atoms with van der Waals surface area (Å²) in [5, 5.41) is 2.68. The summed E-state index contributed by atoms with van der Waals surface area (Å²) < 4.78 is 9.09. The number of carbonyl (C=O) groups is 2. The summed E-state index contributed by atoms with van der Waals surface area (Å²) >= 11 is 0. The van der Waals surface area contributed by atoms with Crippen LogP contribution in [0.2, 0.25) is 0 Å². The second kappa shape index (κ2) is 6.94. The van der Waals surface area contributed by atoms with Crippen LogP contribution in [0.15, 0.2) is 12.3 Å². The molecule has 0 rings (SSSR count). The van der Waals surface area contributed by atoms with Gasteiger partial charge in [0.25, 0.3) is 0 Å². The average molecular weight is 201 g/mol. The second-order valence-corrected chi connectivity index (χ2v) is 2.50. The molecule has 0 spiro atoms. The Labute approximate surface area is 83.1 Å². The van der Waals surface area contributed by atoms with E-state index in [9.17, 15) is 9.59 Å². The standard InChI is InChI=1S/C9H15NO4/c1-4-14-9(12)7(2)10-6-5-8(11)13-3/h5-7,10H,4H2,1-3H3/b6-5+. The van der Waals surface area contributed by atoms with Crippen LogP contribution >= 0.6 is 0 Å². The lowest BCUT2D eigenvalue weighted by molar-refractivity contribution is -0.145. The number of esters is 2. The Hall–Kier alpha value is -1.52. The molecule has 1 N–H and O–H groups in total. The number of rotatable bonds is 5. The monoisotopic (exact) mass is 201 g/mol. The first-order chi connectivity index (χ1) is 6.61. The van der Waals surface area contributed by atoms with Crippen molar-refractivity contribution in [1.29, 1.82) is 0 Å². The summed E-state index contributed by atoms with van der Waals surface area (Å²) in [6.07, 6.45) is 2.54. The van der Waals surface area contributed by atoms with Crippen LogP contribution in [0.4, 0.5) is 0 Å². The van der Waals surface area contributed by atoms with Crippen molar-refractivity contribution in [2.45, 2.75) is 19.9 Å². The Morgan fingerprint density at radius 2 is 2.14 bits per heavy atom. The number of hydrogen-bond acceptors (Lipinski definition) is 5. The summed E-state index contributed by atoms with van der Waals surface area (Å²) in [7, 11) is 1.28.